The average Bonchev–Trinajstić information content (AvgIpc) is 2.20. The topological polar surface area (TPSA) is 26.3 Å². The van der Waals surface area contributed by atoms with E-state index in [1.54, 1.807) is 0 Å². The van der Waals surface area contributed by atoms with Crippen LogP contribution >= 0.6 is 0 Å². The van der Waals surface area contributed by atoms with Gasteiger partial charge in [0, 0.05) is 11.5 Å². The summed E-state index contributed by atoms with van der Waals surface area (Å²) in [7, 11) is 0. The van der Waals surface area contributed by atoms with Crippen LogP contribution in [-0.2, 0) is 0 Å². The minimum atomic E-state index is 0.0438. The lowest BCUT2D eigenvalue weighted by atomic mass is 9.99. The van der Waals surface area contributed by atoms with E-state index in [9.17, 15) is 4.79 Å². The fourth-order valence-corrected chi connectivity index (χ4v) is 1.45. The lowest BCUT2D eigenvalue weighted by Gasteiger charge is -2.09. The summed E-state index contributed by atoms with van der Waals surface area (Å²) >= 11 is 0. The molecule has 0 spiro atoms. The molecule has 0 saturated carbocycles. The highest BCUT2D eigenvalue weighted by atomic mass is 16.5. The largest absolute Gasteiger partial charge is 0.494 e. The predicted octanol–water partition coefficient (Wildman–Crippen LogP) is 3.23. The highest BCUT2D eigenvalue weighted by molar-refractivity contribution is 5.97. The van der Waals surface area contributed by atoms with Gasteiger partial charge in [0.05, 0.1) is 6.61 Å². The molecule has 1 aromatic rings. The first-order valence-corrected chi connectivity index (χ1v) is 5.34. The zero-order chi connectivity index (χ0) is 11.4. The van der Waals surface area contributed by atoms with Crippen molar-refractivity contribution in [1.29, 1.82) is 0 Å². The Labute approximate surface area is 91.3 Å². The molecule has 0 fully saturated rings. The van der Waals surface area contributed by atoms with Crippen LogP contribution in [0.2, 0.25) is 0 Å². The van der Waals surface area contributed by atoms with Crippen LogP contribution in [0.25, 0.3) is 0 Å². The fourth-order valence-electron chi connectivity index (χ4n) is 1.45. The van der Waals surface area contributed by atoms with Crippen LogP contribution in [0.4, 0.5) is 0 Å². The van der Waals surface area contributed by atoms with Crippen molar-refractivity contribution in [2.45, 2.75) is 27.7 Å². The number of aryl methyl sites for hydroxylation is 1. The fraction of sp³-hybridized carbons (Fsp3) is 0.462. The van der Waals surface area contributed by atoms with Gasteiger partial charge in [0.25, 0.3) is 0 Å². The van der Waals surface area contributed by atoms with Gasteiger partial charge in [0.1, 0.15) is 5.75 Å². The highest BCUT2D eigenvalue weighted by Crippen LogP contribution is 2.20. The summed E-state index contributed by atoms with van der Waals surface area (Å²) in [6.07, 6.45) is 0. The average molecular weight is 206 g/mol. The van der Waals surface area contributed by atoms with Crippen molar-refractivity contribution in [3.63, 3.8) is 0 Å². The Balaban J connectivity index is 2.96. The molecule has 0 bridgehead atoms. The lowest BCUT2D eigenvalue weighted by molar-refractivity contribution is 0.0939. The molecule has 0 heterocycles. The third kappa shape index (κ3) is 2.82. The third-order valence-electron chi connectivity index (χ3n) is 2.28. The molecule has 2 nitrogen and oxygen atoms in total. The van der Waals surface area contributed by atoms with Crippen LogP contribution in [0.5, 0.6) is 5.75 Å². The smallest absolute Gasteiger partial charge is 0.165 e. The molecule has 0 aliphatic rings. The maximum atomic E-state index is 11.7. The molecular formula is C13H18O2. The molecular weight excluding hydrogens is 188 g/mol. The number of Topliss-reactive ketones (excluding diaryl/α,β-unsaturated/α-hetero) is 1. The number of carbonyl (C=O) groups excluding carboxylic acids is 1. The number of rotatable bonds is 4. The molecule has 0 unspecified atom stereocenters. The summed E-state index contributed by atoms with van der Waals surface area (Å²) < 4.78 is 5.42. The maximum Gasteiger partial charge on any atom is 0.165 e. The van der Waals surface area contributed by atoms with E-state index in [0.29, 0.717) is 6.61 Å². The molecule has 0 atom stereocenters. The second-order valence-electron chi connectivity index (χ2n) is 3.93. The molecule has 0 N–H and O–H groups in total. The van der Waals surface area contributed by atoms with Gasteiger partial charge in [-0.25, -0.2) is 0 Å². The van der Waals surface area contributed by atoms with Crippen LogP contribution < -0.4 is 4.74 Å². The second kappa shape index (κ2) is 4.96. The van der Waals surface area contributed by atoms with Crippen molar-refractivity contribution in [3.8, 4) is 5.75 Å². The number of ether oxygens (including phenoxy) is 1. The van der Waals surface area contributed by atoms with Gasteiger partial charge in [-0.1, -0.05) is 13.8 Å². The first-order chi connectivity index (χ1) is 7.06. The van der Waals surface area contributed by atoms with E-state index in [2.05, 4.69) is 0 Å². The number of carbonyl (C=O) groups is 1. The predicted molar refractivity (Wildman–Crippen MR) is 61.5 cm³/mol. The Morgan fingerprint density at radius 1 is 1.40 bits per heavy atom. The van der Waals surface area contributed by atoms with E-state index in [1.165, 1.54) is 0 Å². The van der Waals surface area contributed by atoms with Gasteiger partial charge in [-0.3, -0.25) is 4.79 Å². The monoisotopic (exact) mass is 206 g/mol. The summed E-state index contributed by atoms with van der Waals surface area (Å²) in [5.41, 5.74) is 1.79. The van der Waals surface area contributed by atoms with Gasteiger partial charge in [0.2, 0.25) is 0 Å². The summed E-state index contributed by atoms with van der Waals surface area (Å²) in [6.45, 7) is 8.38. The highest BCUT2D eigenvalue weighted by Gasteiger charge is 2.11. The van der Waals surface area contributed by atoms with Gasteiger partial charge in [-0.15, -0.1) is 0 Å². The number of ketones is 1. The normalized spacial score (nSPS) is 10.5. The van der Waals surface area contributed by atoms with Crippen molar-refractivity contribution in [2.75, 3.05) is 6.61 Å². The Kier molecular flexibility index (Phi) is 3.89. The molecule has 0 amide bonds. The van der Waals surface area contributed by atoms with Crippen molar-refractivity contribution in [3.05, 3.63) is 29.3 Å². The number of benzene rings is 1. The zero-order valence-electron chi connectivity index (χ0n) is 9.83. The standard InChI is InChI=1S/C13H18O2/c1-5-15-12-7-6-11(8-10(12)4)13(14)9(2)3/h6-9H,5H2,1-4H3. The van der Waals surface area contributed by atoms with Gasteiger partial charge >= 0.3 is 0 Å². The third-order valence-corrected chi connectivity index (χ3v) is 2.28. The molecule has 0 radical (unpaired) electrons. The van der Waals surface area contributed by atoms with Crippen LogP contribution in [0.1, 0.15) is 36.7 Å². The van der Waals surface area contributed by atoms with Crippen molar-refractivity contribution >= 4 is 5.78 Å². The molecule has 0 aromatic heterocycles. The molecule has 1 rings (SSSR count). The Bertz CT molecular complexity index is 354. The summed E-state index contributed by atoms with van der Waals surface area (Å²) in [5.74, 6) is 1.08. The van der Waals surface area contributed by atoms with Gasteiger partial charge in [-0.2, -0.15) is 0 Å². The van der Waals surface area contributed by atoms with Crippen LogP contribution in [0, 0.1) is 12.8 Å². The summed E-state index contributed by atoms with van der Waals surface area (Å²) in [4.78, 5) is 11.7. The van der Waals surface area contributed by atoms with Gasteiger partial charge < -0.3 is 4.74 Å². The van der Waals surface area contributed by atoms with E-state index in [4.69, 9.17) is 4.74 Å². The summed E-state index contributed by atoms with van der Waals surface area (Å²) in [6, 6.07) is 5.60. The Morgan fingerprint density at radius 2 is 2.07 bits per heavy atom. The maximum absolute atomic E-state index is 11.7. The molecule has 0 saturated heterocycles. The molecule has 0 aliphatic carbocycles. The van der Waals surface area contributed by atoms with E-state index in [1.807, 2.05) is 45.9 Å². The second-order valence-corrected chi connectivity index (χ2v) is 3.93. The minimum Gasteiger partial charge on any atom is -0.494 e. The van der Waals surface area contributed by atoms with Gasteiger partial charge in [0.15, 0.2) is 5.78 Å². The molecule has 15 heavy (non-hydrogen) atoms. The van der Waals surface area contributed by atoms with Crippen LogP contribution in [-0.4, -0.2) is 12.4 Å². The minimum absolute atomic E-state index is 0.0438. The molecule has 82 valence electrons. The number of hydrogen-bond donors (Lipinski definition) is 0. The molecule has 0 aliphatic heterocycles. The van der Waals surface area contributed by atoms with Crippen molar-refractivity contribution in [1.82, 2.24) is 0 Å². The van der Waals surface area contributed by atoms with E-state index in [0.717, 1.165) is 16.9 Å². The molecule has 1 aromatic carbocycles. The summed E-state index contributed by atoms with van der Waals surface area (Å²) in [5, 5.41) is 0. The van der Waals surface area contributed by atoms with Crippen molar-refractivity contribution < 1.29 is 9.53 Å². The zero-order valence-corrected chi connectivity index (χ0v) is 9.83. The Morgan fingerprint density at radius 3 is 2.53 bits per heavy atom. The van der Waals surface area contributed by atoms with E-state index >= 15 is 0 Å². The Hall–Kier alpha value is -1.31. The SMILES string of the molecule is CCOc1ccc(C(=O)C(C)C)cc1C. The van der Waals surface area contributed by atoms with Crippen molar-refractivity contribution in [2.24, 2.45) is 5.92 Å². The van der Waals surface area contributed by atoms with Crippen LogP contribution in [0.15, 0.2) is 18.2 Å². The lowest BCUT2D eigenvalue weighted by Crippen LogP contribution is -2.07. The number of hydrogen-bond acceptors (Lipinski definition) is 2. The quantitative estimate of drug-likeness (QED) is 0.707. The molecule has 2 heteroatoms. The van der Waals surface area contributed by atoms with Gasteiger partial charge in [-0.05, 0) is 37.6 Å². The van der Waals surface area contributed by atoms with E-state index in [-0.39, 0.29) is 11.7 Å². The first kappa shape index (κ1) is 11.8. The van der Waals surface area contributed by atoms with E-state index < -0.39 is 0 Å². The first-order valence-electron chi connectivity index (χ1n) is 5.34. The van der Waals surface area contributed by atoms with Crippen LogP contribution in [0.3, 0.4) is 0 Å².